The van der Waals surface area contributed by atoms with Crippen LogP contribution >= 0.6 is 11.6 Å². The third-order valence-electron chi connectivity index (χ3n) is 4.32. The second-order valence-corrected chi connectivity index (χ2v) is 7.62. The molecule has 2 rings (SSSR count). The lowest BCUT2D eigenvalue weighted by Crippen LogP contribution is -2.54. The summed E-state index contributed by atoms with van der Waals surface area (Å²) in [4.78, 5) is 36.8. The molecule has 1 aliphatic heterocycles. The van der Waals surface area contributed by atoms with Gasteiger partial charge < -0.3 is 19.9 Å². The van der Waals surface area contributed by atoms with E-state index in [2.05, 4.69) is 23.8 Å². The first kappa shape index (κ1) is 24.2. The predicted octanol–water partition coefficient (Wildman–Crippen LogP) is 2.97. The molecule has 31 heavy (non-hydrogen) atoms. The van der Waals surface area contributed by atoms with Gasteiger partial charge >= 0.3 is 13.1 Å². The van der Waals surface area contributed by atoms with Crippen LogP contribution < -0.4 is 10.6 Å². The molecular formula is C21H23BClFN2O5. The summed E-state index contributed by atoms with van der Waals surface area (Å²) in [6.07, 6.45) is 3.09. The van der Waals surface area contributed by atoms with Crippen molar-refractivity contribution in [1.82, 2.24) is 10.6 Å². The van der Waals surface area contributed by atoms with Gasteiger partial charge in [0.2, 0.25) is 5.91 Å². The van der Waals surface area contributed by atoms with Crippen molar-refractivity contribution in [2.75, 3.05) is 6.54 Å². The SMILES string of the molecule is C=CC1=C(C=C)C(=O)OB([C@H](CC(C)C)NC(=O)CNC(=O)c2cc(Cl)ccc2F)O1. The standard InChI is InChI=1S/C21H23BClFN2O5/c1-5-14-17(6-2)30-22(31-21(14)29)18(9-12(3)4)26-19(27)11-25-20(28)15-10-13(23)7-8-16(15)24/h5-8,10,12,18H,1-2,9,11H2,3-4H3,(H,25,28)(H,26,27)/t18-/m0/s1. The molecule has 7 nitrogen and oxygen atoms in total. The van der Waals surface area contributed by atoms with E-state index in [9.17, 15) is 18.8 Å². The Bertz CT molecular complexity index is 934. The van der Waals surface area contributed by atoms with Crippen molar-refractivity contribution in [3.05, 3.63) is 71.2 Å². The molecule has 0 radical (unpaired) electrons. The minimum Gasteiger partial charge on any atom is -0.524 e. The van der Waals surface area contributed by atoms with Gasteiger partial charge in [0.15, 0.2) is 0 Å². The van der Waals surface area contributed by atoms with Crippen LogP contribution in [0.3, 0.4) is 0 Å². The largest absolute Gasteiger partial charge is 0.620 e. The normalized spacial score (nSPS) is 14.5. The van der Waals surface area contributed by atoms with Crippen LogP contribution in [0.5, 0.6) is 0 Å². The Balaban J connectivity index is 2.06. The summed E-state index contributed by atoms with van der Waals surface area (Å²) in [7, 11) is -1.09. The lowest BCUT2D eigenvalue weighted by atomic mass is 9.72. The molecular weight excluding hydrogens is 426 g/mol. The van der Waals surface area contributed by atoms with Gasteiger partial charge in [0, 0.05) is 5.02 Å². The van der Waals surface area contributed by atoms with E-state index in [-0.39, 0.29) is 27.8 Å². The van der Waals surface area contributed by atoms with Gasteiger partial charge in [-0.2, -0.15) is 0 Å². The van der Waals surface area contributed by atoms with Crippen molar-refractivity contribution < 1.29 is 28.1 Å². The predicted molar refractivity (Wildman–Crippen MR) is 115 cm³/mol. The quantitative estimate of drug-likeness (QED) is 0.567. The van der Waals surface area contributed by atoms with Crippen LogP contribution in [0.25, 0.3) is 0 Å². The number of benzene rings is 1. The van der Waals surface area contributed by atoms with E-state index in [0.717, 1.165) is 6.07 Å². The monoisotopic (exact) mass is 448 g/mol. The number of amides is 2. The zero-order valence-electron chi connectivity index (χ0n) is 17.2. The highest BCUT2D eigenvalue weighted by atomic mass is 35.5. The third kappa shape index (κ3) is 6.46. The number of nitrogens with one attached hydrogen (secondary N) is 2. The van der Waals surface area contributed by atoms with E-state index in [1.54, 1.807) is 0 Å². The Hall–Kier alpha value is -3.07. The number of halogens is 2. The Labute approximate surface area is 185 Å². The zero-order valence-corrected chi connectivity index (χ0v) is 18.0. The van der Waals surface area contributed by atoms with E-state index in [0.29, 0.717) is 6.42 Å². The van der Waals surface area contributed by atoms with Crippen LogP contribution in [0.1, 0.15) is 30.6 Å². The number of rotatable bonds is 9. The van der Waals surface area contributed by atoms with E-state index < -0.39 is 43.2 Å². The Kier molecular flexibility index (Phi) is 8.44. The first-order valence-corrected chi connectivity index (χ1v) is 9.93. The maximum atomic E-state index is 13.8. The molecule has 2 N–H and O–H groups in total. The fourth-order valence-corrected chi connectivity index (χ4v) is 3.09. The first-order chi connectivity index (χ1) is 14.7. The maximum absolute atomic E-state index is 13.8. The van der Waals surface area contributed by atoms with Crippen LogP contribution in [0.15, 0.2) is 54.8 Å². The molecule has 0 saturated heterocycles. The lowest BCUT2D eigenvalue weighted by Gasteiger charge is -2.29. The molecule has 0 spiro atoms. The van der Waals surface area contributed by atoms with E-state index in [1.165, 1.54) is 24.3 Å². The van der Waals surface area contributed by atoms with E-state index >= 15 is 0 Å². The highest BCUT2D eigenvalue weighted by Gasteiger charge is 2.42. The molecule has 0 aromatic heterocycles. The third-order valence-corrected chi connectivity index (χ3v) is 4.56. The highest BCUT2D eigenvalue weighted by Crippen LogP contribution is 2.22. The molecule has 0 bridgehead atoms. The average Bonchev–Trinajstić information content (AvgIpc) is 2.72. The second kappa shape index (κ2) is 10.8. The van der Waals surface area contributed by atoms with Crippen molar-refractivity contribution in [1.29, 1.82) is 0 Å². The number of hydrogen-bond acceptors (Lipinski definition) is 5. The van der Waals surface area contributed by atoms with Gasteiger partial charge in [0.25, 0.3) is 5.91 Å². The molecule has 0 saturated carbocycles. The van der Waals surface area contributed by atoms with E-state index in [4.69, 9.17) is 20.9 Å². The second-order valence-electron chi connectivity index (χ2n) is 7.19. The summed E-state index contributed by atoms with van der Waals surface area (Å²) in [5, 5.41) is 5.22. The molecule has 164 valence electrons. The molecule has 0 unspecified atom stereocenters. The molecule has 1 heterocycles. The van der Waals surface area contributed by atoms with Crippen molar-refractivity contribution >= 4 is 36.5 Å². The van der Waals surface area contributed by atoms with Crippen molar-refractivity contribution in [2.24, 2.45) is 5.92 Å². The summed E-state index contributed by atoms with van der Waals surface area (Å²) >= 11 is 5.78. The van der Waals surface area contributed by atoms with Crippen LogP contribution in [0.4, 0.5) is 4.39 Å². The van der Waals surface area contributed by atoms with Crippen LogP contribution in [-0.4, -0.2) is 37.4 Å². The van der Waals surface area contributed by atoms with Gasteiger partial charge in [-0.25, -0.2) is 9.18 Å². The van der Waals surface area contributed by atoms with Gasteiger partial charge in [-0.05, 0) is 36.6 Å². The highest BCUT2D eigenvalue weighted by molar-refractivity contribution is 6.50. The Morgan fingerprint density at radius 2 is 1.97 bits per heavy atom. The summed E-state index contributed by atoms with van der Waals surface area (Å²) in [5.74, 6) is -3.14. The summed E-state index contributed by atoms with van der Waals surface area (Å²) < 4.78 is 24.8. The topological polar surface area (TPSA) is 93.7 Å². The van der Waals surface area contributed by atoms with Gasteiger partial charge in [-0.15, -0.1) is 0 Å². The summed E-state index contributed by atoms with van der Waals surface area (Å²) in [6.45, 7) is 10.6. The average molecular weight is 449 g/mol. The lowest BCUT2D eigenvalue weighted by molar-refractivity contribution is -0.133. The van der Waals surface area contributed by atoms with Crippen LogP contribution in [0, 0.1) is 11.7 Å². The molecule has 1 aromatic carbocycles. The molecule has 0 fully saturated rings. The Morgan fingerprint density at radius 3 is 2.58 bits per heavy atom. The van der Waals surface area contributed by atoms with Crippen LogP contribution in [0.2, 0.25) is 5.02 Å². The van der Waals surface area contributed by atoms with Crippen molar-refractivity contribution in [3.63, 3.8) is 0 Å². The molecule has 1 aromatic rings. The molecule has 1 aliphatic rings. The number of hydrogen-bond donors (Lipinski definition) is 2. The summed E-state index contributed by atoms with van der Waals surface area (Å²) in [5.41, 5.74) is -0.141. The maximum Gasteiger partial charge on any atom is 0.620 e. The number of allylic oxidation sites excluding steroid dienone is 1. The van der Waals surface area contributed by atoms with Crippen molar-refractivity contribution in [3.8, 4) is 0 Å². The van der Waals surface area contributed by atoms with Crippen molar-refractivity contribution in [2.45, 2.75) is 26.2 Å². The number of carbonyl (C=O) groups is 3. The molecule has 2 amide bonds. The van der Waals surface area contributed by atoms with E-state index in [1.807, 2.05) is 13.8 Å². The minimum atomic E-state index is -1.09. The summed E-state index contributed by atoms with van der Waals surface area (Å²) in [6, 6.07) is 3.54. The van der Waals surface area contributed by atoms with Crippen LogP contribution in [-0.2, 0) is 18.9 Å². The first-order valence-electron chi connectivity index (χ1n) is 9.55. The van der Waals surface area contributed by atoms with Gasteiger partial charge in [0.1, 0.15) is 11.6 Å². The van der Waals surface area contributed by atoms with Gasteiger partial charge in [0.05, 0.1) is 23.6 Å². The molecule has 10 heteroatoms. The fourth-order valence-electron chi connectivity index (χ4n) is 2.92. The molecule has 0 aliphatic carbocycles. The Morgan fingerprint density at radius 1 is 1.26 bits per heavy atom. The van der Waals surface area contributed by atoms with Gasteiger partial charge in [-0.3, -0.25) is 9.59 Å². The zero-order chi connectivity index (χ0) is 23.1. The fraction of sp³-hybridized carbons (Fsp3) is 0.286. The smallest absolute Gasteiger partial charge is 0.524 e. The number of carbonyl (C=O) groups excluding carboxylic acids is 3. The van der Waals surface area contributed by atoms with Gasteiger partial charge in [-0.1, -0.05) is 44.7 Å². The minimum absolute atomic E-state index is 0.125. The molecule has 1 atom stereocenters.